The predicted molar refractivity (Wildman–Crippen MR) is 109 cm³/mol. The number of pyridine rings is 1. The lowest BCUT2D eigenvalue weighted by Crippen LogP contribution is -2.31. The number of nitrogens with zero attached hydrogens (tertiary/aromatic N) is 3. The van der Waals surface area contributed by atoms with Gasteiger partial charge in [0.25, 0.3) is 0 Å². The summed E-state index contributed by atoms with van der Waals surface area (Å²) in [5, 5.41) is 6.98. The Morgan fingerprint density at radius 1 is 1.03 bits per heavy atom. The van der Waals surface area contributed by atoms with Crippen molar-refractivity contribution >= 4 is 17.3 Å². The van der Waals surface area contributed by atoms with Gasteiger partial charge in [0.15, 0.2) is 11.4 Å². The van der Waals surface area contributed by atoms with Crippen LogP contribution in [-0.2, 0) is 24.2 Å². The van der Waals surface area contributed by atoms with Crippen LogP contribution in [0.25, 0.3) is 5.65 Å². The minimum absolute atomic E-state index is 0.00917. The molecular formula is C22H24N4O3. The van der Waals surface area contributed by atoms with Crippen LogP contribution in [0.3, 0.4) is 0 Å². The van der Waals surface area contributed by atoms with E-state index in [-0.39, 0.29) is 43.3 Å². The lowest BCUT2D eigenvalue weighted by atomic mass is 9.89. The third-order valence-corrected chi connectivity index (χ3v) is 5.38. The minimum Gasteiger partial charge on any atom is -0.354 e. The Kier molecular flexibility index (Phi) is 5.55. The van der Waals surface area contributed by atoms with E-state index in [2.05, 4.69) is 10.4 Å². The van der Waals surface area contributed by atoms with Crippen LogP contribution < -0.4 is 11.0 Å². The Bertz CT molecular complexity index is 1110. The standard InChI is InChI=1S/C22H24N4O3/c27-19(18-9-8-16-5-1-2-6-17(16)15-18)10-11-21(28)23-12-14-26-22(29)25-13-4-3-7-20(25)24-26/h3-4,7-9,13,15H,1-2,5-6,10-12,14H2,(H,23,28). The molecule has 4 rings (SSSR count). The number of nitrogens with one attached hydrogen (secondary N) is 1. The summed E-state index contributed by atoms with van der Waals surface area (Å²) in [6, 6.07) is 11.2. The molecule has 3 aromatic rings. The topological polar surface area (TPSA) is 85.5 Å². The van der Waals surface area contributed by atoms with Crippen LogP contribution in [0, 0.1) is 0 Å². The first kappa shape index (κ1) is 19.1. The fourth-order valence-corrected chi connectivity index (χ4v) is 3.78. The van der Waals surface area contributed by atoms with E-state index in [1.54, 1.807) is 18.3 Å². The molecule has 1 amide bonds. The normalized spacial score (nSPS) is 13.2. The van der Waals surface area contributed by atoms with Gasteiger partial charge in [0, 0.05) is 31.1 Å². The van der Waals surface area contributed by atoms with Crippen LogP contribution in [-0.4, -0.2) is 32.4 Å². The molecule has 0 unspecified atom stereocenters. The molecule has 0 bridgehead atoms. The van der Waals surface area contributed by atoms with Gasteiger partial charge in [-0.2, -0.15) is 0 Å². The fraction of sp³-hybridized carbons (Fsp3) is 0.364. The number of fused-ring (bicyclic) bond motifs is 2. The molecule has 0 saturated heterocycles. The highest BCUT2D eigenvalue weighted by Crippen LogP contribution is 2.22. The van der Waals surface area contributed by atoms with Crippen molar-refractivity contribution in [3.63, 3.8) is 0 Å². The molecule has 0 saturated carbocycles. The molecule has 1 aliphatic carbocycles. The van der Waals surface area contributed by atoms with Gasteiger partial charge < -0.3 is 5.32 Å². The highest BCUT2D eigenvalue weighted by Gasteiger charge is 2.14. The van der Waals surface area contributed by atoms with Crippen molar-refractivity contribution in [1.82, 2.24) is 19.5 Å². The third-order valence-electron chi connectivity index (χ3n) is 5.38. The molecule has 0 spiro atoms. The SMILES string of the molecule is O=C(CCC(=O)c1ccc2c(c1)CCCC2)NCCn1nc2ccccn2c1=O. The number of amides is 1. The number of carbonyl (C=O) groups is 2. The summed E-state index contributed by atoms with van der Waals surface area (Å²) in [5.41, 5.74) is 3.63. The van der Waals surface area contributed by atoms with Crippen LogP contribution in [0.2, 0.25) is 0 Å². The summed E-state index contributed by atoms with van der Waals surface area (Å²) < 4.78 is 2.78. The number of rotatable bonds is 7. The van der Waals surface area contributed by atoms with E-state index in [9.17, 15) is 14.4 Å². The van der Waals surface area contributed by atoms with Gasteiger partial charge in [-0.1, -0.05) is 18.2 Å². The Morgan fingerprint density at radius 2 is 1.86 bits per heavy atom. The summed E-state index contributed by atoms with van der Waals surface area (Å²) >= 11 is 0. The first-order chi connectivity index (χ1) is 14.1. The number of aromatic nitrogens is 3. The average molecular weight is 392 g/mol. The Hall–Kier alpha value is -3.22. The number of hydrogen-bond acceptors (Lipinski definition) is 4. The Labute approximate surface area is 168 Å². The maximum Gasteiger partial charge on any atom is 0.350 e. The van der Waals surface area contributed by atoms with E-state index in [0.717, 1.165) is 12.8 Å². The van der Waals surface area contributed by atoms with Crippen molar-refractivity contribution in [2.45, 2.75) is 45.1 Å². The summed E-state index contributed by atoms with van der Waals surface area (Å²) in [4.78, 5) is 36.7. The van der Waals surface area contributed by atoms with E-state index in [1.807, 2.05) is 24.3 Å². The highest BCUT2D eigenvalue weighted by atomic mass is 16.2. The van der Waals surface area contributed by atoms with Crippen LogP contribution in [0.1, 0.15) is 47.2 Å². The Morgan fingerprint density at radius 3 is 2.69 bits per heavy atom. The summed E-state index contributed by atoms with van der Waals surface area (Å²) in [6.45, 7) is 0.570. The van der Waals surface area contributed by atoms with Gasteiger partial charge >= 0.3 is 5.69 Å². The maximum absolute atomic E-state index is 12.4. The molecule has 1 aliphatic rings. The van der Waals surface area contributed by atoms with Gasteiger partial charge in [-0.05, 0) is 55.0 Å². The van der Waals surface area contributed by atoms with E-state index >= 15 is 0 Å². The zero-order chi connectivity index (χ0) is 20.2. The molecular weight excluding hydrogens is 368 g/mol. The van der Waals surface area contributed by atoms with Crippen molar-refractivity contribution in [2.24, 2.45) is 0 Å². The second-order valence-corrected chi connectivity index (χ2v) is 7.40. The van der Waals surface area contributed by atoms with Gasteiger partial charge in [-0.15, -0.1) is 5.10 Å². The molecule has 150 valence electrons. The van der Waals surface area contributed by atoms with E-state index < -0.39 is 0 Å². The zero-order valence-corrected chi connectivity index (χ0v) is 16.3. The number of benzene rings is 1. The average Bonchev–Trinajstić information content (AvgIpc) is 3.07. The Balaban J connectivity index is 1.26. The molecule has 0 atom stereocenters. The van der Waals surface area contributed by atoms with Crippen molar-refractivity contribution in [1.29, 1.82) is 0 Å². The van der Waals surface area contributed by atoms with Crippen LogP contribution in [0.5, 0.6) is 0 Å². The molecule has 7 heteroatoms. The van der Waals surface area contributed by atoms with Gasteiger partial charge in [0.2, 0.25) is 5.91 Å². The van der Waals surface area contributed by atoms with Gasteiger partial charge in [0.05, 0.1) is 6.54 Å². The number of aryl methyl sites for hydroxylation is 2. The molecule has 2 aromatic heterocycles. The second kappa shape index (κ2) is 8.43. The van der Waals surface area contributed by atoms with Gasteiger partial charge in [-0.25, -0.2) is 9.48 Å². The minimum atomic E-state index is -0.238. The zero-order valence-electron chi connectivity index (χ0n) is 16.3. The first-order valence-corrected chi connectivity index (χ1v) is 10.1. The quantitative estimate of drug-likeness (QED) is 0.625. The number of Topliss-reactive ketones (excluding diaryl/α,β-unsaturated/α-hetero) is 1. The third kappa shape index (κ3) is 4.29. The lowest BCUT2D eigenvalue weighted by molar-refractivity contribution is -0.121. The van der Waals surface area contributed by atoms with Crippen molar-refractivity contribution in [3.05, 3.63) is 69.8 Å². The molecule has 7 nitrogen and oxygen atoms in total. The maximum atomic E-state index is 12.4. The summed E-state index contributed by atoms with van der Waals surface area (Å²) in [5.74, 6) is -0.210. The van der Waals surface area contributed by atoms with Crippen LogP contribution >= 0.6 is 0 Å². The molecule has 0 fully saturated rings. The van der Waals surface area contributed by atoms with Gasteiger partial charge in [0.1, 0.15) is 0 Å². The largest absolute Gasteiger partial charge is 0.354 e. The summed E-state index contributed by atoms with van der Waals surface area (Å²) in [7, 11) is 0. The predicted octanol–water partition coefficient (Wildman–Crippen LogP) is 2.15. The molecule has 29 heavy (non-hydrogen) atoms. The van der Waals surface area contributed by atoms with Crippen LogP contribution in [0.4, 0.5) is 0 Å². The second-order valence-electron chi connectivity index (χ2n) is 7.40. The fourth-order valence-electron chi connectivity index (χ4n) is 3.78. The highest BCUT2D eigenvalue weighted by molar-refractivity contribution is 5.98. The number of hydrogen-bond donors (Lipinski definition) is 1. The van der Waals surface area contributed by atoms with E-state index in [4.69, 9.17) is 0 Å². The van der Waals surface area contributed by atoms with Crippen molar-refractivity contribution in [2.75, 3.05) is 6.54 Å². The first-order valence-electron chi connectivity index (χ1n) is 10.1. The van der Waals surface area contributed by atoms with E-state index in [1.165, 1.54) is 33.1 Å². The molecule has 0 aliphatic heterocycles. The summed E-state index contributed by atoms with van der Waals surface area (Å²) in [6.07, 6.45) is 6.46. The number of carbonyl (C=O) groups excluding carboxylic acids is 2. The van der Waals surface area contributed by atoms with E-state index in [0.29, 0.717) is 11.2 Å². The molecule has 2 heterocycles. The lowest BCUT2D eigenvalue weighted by Gasteiger charge is -2.16. The van der Waals surface area contributed by atoms with Crippen molar-refractivity contribution < 1.29 is 9.59 Å². The smallest absolute Gasteiger partial charge is 0.350 e. The number of ketones is 1. The monoisotopic (exact) mass is 392 g/mol. The van der Waals surface area contributed by atoms with Gasteiger partial charge in [-0.3, -0.25) is 14.0 Å². The molecule has 0 radical (unpaired) electrons. The molecule has 1 N–H and O–H groups in total. The molecule has 1 aromatic carbocycles. The van der Waals surface area contributed by atoms with Crippen LogP contribution in [0.15, 0.2) is 47.4 Å². The van der Waals surface area contributed by atoms with Crippen molar-refractivity contribution in [3.8, 4) is 0 Å².